The van der Waals surface area contributed by atoms with Gasteiger partial charge in [0.15, 0.2) is 0 Å². The van der Waals surface area contributed by atoms with Gasteiger partial charge in [-0.25, -0.2) is 9.78 Å². The number of hydrogen-bond acceptors (Lipinski definition) is 6. The van der Waals surface area contributed by atoms with E-state index in [1.54, 1.807) is 23.7 Å². The van der Waals surface area contributed by atoms with Gasteiger partial charge in [0.05, 0.1) is 18.4 Å². The van der Waals surface area contributed by atoms with Crippen molar-refractivity contribution in [2.75, 3.05) is 18.7 Å². The van der Waals surface area contributed by atoms with Gasteiger partial charge in [0.25, 0.3) is 5.91 Å². The van der Waals surface area contributed by atoms with Crippen LogP contribution in [-0.2, 0) is 4.74 Å². The Labute approximate surface area is 130 Å². The first-order valence-electron chi connectivity index (χ1n) is 6.05. The number of nitrogens with one attached hydrogen (secondary N) is 1. The SMILES string of the molecule is COC(=O)c1scc(C)c1NC(=O)c1cccnc1SC. The van der Waals surface area contributed by atoms with Crippen molar-refractivity contribution in [1.29, 1.82) is 0 Å². The molecule has 2 aromatic heterocycles. The molecule has 0 bridgehead atoms. The van der Waals surface area contributed by atoms with E-state index in [0.717, 1.165) is 5.56 Å². The highest BCUT2D eigenvalue weighted by molar-refractivity contribution is 7.98. The van der Waals surface area contributed by atoms with E-state index in [0.29, 0.717) is 21.2 Å². The molecule has 0 aliphatic heterocycles. The topological polar surface area (TPSA) is 68.3 Å². The molecule has 0 fully saturated rings. The second kappa shape index (κ2) is 6.73. The average Bonchev–Trinajstić information content (AvgIpc) is 2.87. The Morgan fingerprint density at radius 1 is 1.43 bits per heavy atom. The quantitative estimate of drug-likeness (QED) is 0.691. The molecule has 0 unspecified atom stereocenters. The van der Waals surface area contributed by atoms with E-state index < -0.39 is 5.97 Å². The van der Waals surface area contributed by atoms with E-state index >= 15 is 0 Å². The molecule has 0 spiro atoms. The third-order valence-electron chi connectivity index (χ3n) is 2.79. The van der Waals surface area contributed by atoms with Gasteiger partial charge in [0, 0.05) is 6.20 Å². The maximum absolute atomic E-state index is 12.4. The van der Waals surface area contributed by atoms with E-state index in [1.807, 2.05) is 13.2 Å². The van der Waals surface area contributed by atoms with Crippen LogP contribution < -0.4 is 5.32 Å². The van der Waals surface area contributed by atoms with E-state index in [1.165, 1.54) is 30.2 Å². The van der Waals surface area contributed by atoms with Crippen LogP contribution in [0.1, 0.15) is 25.6 Å². The molecule has 0 saturated heterocycles. The van der Waals surface area contributed by atoms with E-state index in [-0.39, 0.29) is 5.91 Å². The lowest BCUT2D eigenvalue weighted by molar-refractivity contribution is 0.0607. The number of methoxy groups -OCH3 is 1. The number of thiophene rings is 1. The third kappa shape index (κ3) is 3.25. The predicted molar refractivity (Wildman–Crippen MR) is 84.4 cm³/mol. The first-order chi connectivity index (χ1) is 10.1. The van der Waals surface area contributed by atoms with Gasteiger partial charge < -0.3 is 10.1 Å². The summed E-state index contributed by atoms with van der Waals surface area (Å²) in [6.45, 7) is 1.83. The summed E-state index contributed by atoms with van der Waals surface area (Å²) in [7, 11) is 1.32. The summed E-state index contributed by atoms with van der Waals surface area (Å²) in [5, 5.41) is 5.23. The van der Waals surface area contributed by atoms with Crippen LogP contribution >= 0.6 is 23.1 Å². The Hall–Kier alpha value is -1.86. The minimum absolute atomic E-state index is 0.292. The van der Waals surface area contributed by atoms with Crippen LogP contribution in [0.5, 0.6) is 0 Å². The molecule has 0 aliphatic rings. The number of thioether (sulfide) groups is 1. The molecule has 0 aromatic carbocycles. The monoisotopic (exact) mass is 322 g/mol. The Morgan fingerprint density at radius 3 is 2.86 bits per heavy atom. The molecule has 2 heterocycles. The maximum atomic E-state index is 12.4. The summed E-state index contributed by atoms with van der Waals surface area (Å²) in [4.78, 5) is 28.6. The first-order valence-corrected chi connectivity index (χ1v) is 8.15. The van der Waals surface area contributed by atoms with Crippen LogP contribution in [-0.4, -0.2) is 30.2 Å². The molecule has 110 valence electrons. The second-order valence-electron chi connectivity index (χ2n) is 4.13. The smallest absolute Gasteiger partial charge is 0.350 e. The molecule has 2 rings (SSSR count). The molecule has 7 heteroatoms. The van der Waals surface area contributed by atoms with Crippen LogP contribution in [0.25, 0.3) is 0 Å². The van der Waals surface area contributed by atoms with Crippen LogP contribution in [0.15, 0.2) is 28.7 Å². The highest BCUT2D eigenvalue weighted by Crippen LogP contribution is 2.29. The zero-order chi connectivity index (χ0) is 15.4. The number of aromatic nitrogens is 1. The fourth-order valence-electron chi connectivity index (χ4n) is 1.75. The highest BCUT2D eigenvalue weighted by Gasteiger charge is 2.20. The summed E-state index contributed by atoms with van der Waals surface area (Å²) in [6, 6.07) is 3.41. The number of amides is 1. The van der Waals surface area contributed by atoms with Crippen molar-refractivity contribution in [3.8, 4) is 0 Å². The molecule has 0 aliphatic carbocycles. The molecule has 0 atom stereocenters. The first kappa shape index (κ1) is 15.5. The van der Waals surface area contributed by atoms with Crippen molar-refractivity contribution in [2.24, 2.45) is 0 Å². The highest BCUT2D eigenvalue weighted by atomic mass is 32.2. The lowest BCUT2D eigenvalue weighted by atomic mass is 10.2. The fraction of sp³-hybridized carbons (Fsp3) is 0.214. The van der Waals surface area contributed by atoms with E-state index in [9.17, 15) is 9.59 Å². The fourth-order valence-corrected chi connectivity index (χ4v) is 3.22. The van der Waals surface area contributed by atoms with Crippen molar-refractivity contribution in [3.63, 3.8) is 0 Å². The van der Waals surface area contributed by atoms with Crippen molar-refractivity contribution >= 4 is 40.7 Å². The number of hydrogen-bond donors (Lipinski definition) is 1. The molecule has 1 N–H and O–H groups in total. The number of anilines is 1. The Bertz CT molecular complexity index is 683. The summed E-state index contributed by atoms with van der Waals surface area (Å²) in [5.74, 6) is -0.751. The van der Waals surface area contributed by atoms with Crippen molar-refractivity contribution in [3.05, 3.63) is 39.7 Å². The zero-order valence-electron chi connectivity index (χ0n) is 11.8. The van der Waals surface area contributed by atoms with Gasteiger partial charge in [0.2, 0.25) is 0 Å². The summed E-state index contributed by atoms with van der Waals surface area (Å²) >= 11 is 2.64. The minimum atomic E-state index is -0.459. The predicted octanol–water partition coefficient (Wildman–Crippen LogP) is 3.21. The molecule has 5 nitrogen and oxygen atoms in total. The third-order valence-corrected chi connectivity index (χ3v) is 4.58. The molecule has 0 radical (unpaired) electrons. The molecule has 2 aromatic rings. The van der Waals surface area contributed by atoms with Crippen molar-refractivity contribution < 1.29 is 14.3 Å². The van der Waals surface area contributed by atoms with E-state index in [2.05, 4.69) is 10.3 Å². The molecular weight excluding hydrogens is 308 g/mol. The number of rotatable bonds is 4. The average molecular weight is 322 g/mol. The Balaban J connectivity index is 2.32. The number of nitrogens with zero attached hydrogens (tertiary/aromatic N) is 1. The second-order valence-corrected chi connectivity index (χ2v) is 5.80. The van der Waals surface area contributed by atoms with Gasteiger partial charge in [-0.05, 0) is 36.3 Å². The Kier molecular flexibility index (Phi) is 4.98. The van der Waals surface area contributed by atoms with Crippen molar-refractivity contribution in [2.45, 2.75) is 11.9 Å². The Morgan fingerprint density at radius 2 is 2.19 bits per heavy atom. The molecule has 21 heavy (non-hydrogen) atoms. The molecule has 0 saturated carbocycles. The van der Waals surface area contributed by atoms with Crippen LogP contribution in [0, 0.1) is 6.92 Å². The van der Waals surface area contributed by atoms with Gasteiger partial charge in [0.1, 0.15) is 9.90 Å². The van der Waals surface area contributed by atoms with Crippen LogP contribution in [0.4, 0.5) is 5.69 Å². The van der Waals surface area contributed by atoms with Gasteiger partial charge >= 0.3 is 5.97 Å². The standard InChI is InChI=1S/C14H14N2O3S2/c1-8-7-21-11(14(18)19-2)10(8)16-12(17)9-5-4-6-15-13(9)20-3/h4-7H,1-3H3,(H,16,17). The van der Waals surface area contributed by atoms with Gasteiger partial charge in [-0.3, -0.25) is 4.79 Å². The summed E-state index contributed by atoms with van der Waals surface area (Å²) in [6.07, 6.45) is 3.49. The number of aryl methyl sites for hydroxylation is 1. The van der Waals surface area contributed by atoms with Crippen LogP contribution in [0.3, 0.4) is 0 Å². The molecule has 1 amide bonds. The maximum Gasteiger partial charge on any atom is 0.350 e. The van der Waals surface area contributed by atoms with Gasteiger partial charge in [-0.2, -0.15) is 0 Å². The lowest BCUT2D eigenvalue weighted by Gasteiger charge is -2.09. The minimum Gasteiger partial charge on any atom is -0.465 e. The molecular formula is C14H14N2O3S2. The normalized spacial score (nSPS) is 10.2. The largest absolute Gasteiger partial charge is 0.465 e. The number of carbonyl (C=O) groups is 2. The van der Waals surface area contributed by atoms with Gasteiger partial charge in [-0.15, -0.1) is 23.1 Å². The van der Waals surface area contributed by atoms with Crippen LogP contribution in [0.2, 0.25) is 0 Å². The zero-order valence-corrected chi connectivity index (χ0v) is 13.4. The number of ether oxygens (including phenoxy) is 1. The summed E-state index contributed by atoms with van der Waals surface area (Å²) < 4.78 is 4.73. The van der Waals surface area contributed by atoms with Crippen molar-refractivity contribution in [1.82, 2.24) is 4.98 Å². The summed E-state index contributed by atoms with van der Waals surface area (Å²) in [5.41, 5.74) is 1.79. The number of esters is 1. The van der Waals surface area contributed by atoms with E-state index in [4.69, 9.17) is 4.74 Å². The lowest BCUT2D eigenvalue weighted by Crippen LogP contribution is -2.16. The number of pyridine rings is 1. The number of carbonyl (C=O) groups excluding carboxylic acids is 2. The van der Waals surface area contributed by atoms with Gasteiger partial charge in [-0.1, -0.05) is 0 Å².